The van der Waals surface area contributed by atoms with Crippen molar-refractivity contribution in [3.63, 3.8) is 0 Å². The molecule has 0 unspecified atom stereocenters. The van der Waals surface area contributed by atoms with Gasteiger partial charge in [0.25, 0.3) is 0 Å². The molecule has 0 fully saturated rings. The van der Waals surface area contributed by atoms with E-state index in [1.165, 1.54) is 142 Å². The van der Waals surface area contributed by atoms with Gasteiger partial charge in [0.05, 0.1) is 55.2 Å². The molecule has 0 saturated heterocycles. The second-order valence-electron chi connectivity index (χ2n) is 19.2. The van der Waals surface area contributed by atoms with Crippen molar-refractivity contribution in [3.8, 4) is 33.6 Å². The van der Waals surface area contributed by atoms with Crippen LogP contribution in [-0.2, 0) is 0 Å². The number of rotatable bonds is 4. The van der Waals surface area contributed by atoms with E-state index in [1.807, 2.05) is 0 Å². The van der Waals surface area contributed by atoms with Crippen molar-refractivity contribution in [1.29, 1.82) is 0 Å². The fraction of sp³-hybridized carbons (Fsp3) is 0. The van der Waals surface area contributed by atoms with Gasteiger partial charge in [-0.2, -0.15) is 0 Å². The number of aromatic nitrogens is 4. The topological polar surface area (TPSA) is 18.7 Å². The highest BCUT2D eigenvalue weighted by Gasteiger charge is 2.31. The third-order valence-corrected chi connectivity index (χ3v) is 15.7. The predicted molar refractivity (Wildman–Crippen MR) is 295 cm³/mol. The summed E-state index contributed by atoms with van der Waals surface area (Å²) in [5.74, 6) is 0. The third kappa shape index (κ3) is 4.47. The number of fused-ring (bicyclic) bond motifs is 18. The lowest BCUT2D eigenvalue weighted by Crippen LogP contribution is -1.94. The van der Waals surface area contributed by atoms with E-state index in [-0.39, 0.29) is 0 Å². The molecule has 4 nitrogen and oxygen atoms in total. The lowest BCUT2D eigenvalue weighted by atomic mass is 9.89. The van der Waals surface area contributed by atoms with E-state index in [9.17, 15) is 0 Å². The smallest absolute Gasteiger partial charge is 0.0634 e. The van der Waals surface area contributed by atoms with E-state index >= 15 is 0 Å². The summed E-state index contributed by atoms with van der Waals surface area (Å²) in [6, 6.07) is 85.8. The van der Waals surface area contributed by atoms with Crippen LogP contribution >= 0.6 is 0 Å². The Morgan fingerprint density at radius 1 is 0.214 bits per heavy atom. The van der Waals surface area contributed by atoms with Gasteiger partial charge in [-0.15, -0.1) is 0 Å². The molecule has 0 spiro atoms. The average molecular weight is 887 g/mol. The van der Waals surface area contributed by atoms with E-state index in [0.717, 1.165) is 11.4 Å². The van der Waals surface area contributed by atoms with Crippen LogP contribution in [0.2, 0.25) is 0 Å². The zero-order valence-corrected chi connectivity index (χ0v) is 37.7. The lowest BCUT2D eigenvalue weighted by Gasteiger charge is -2.16. The van der Waals surface area contributed by atoms with Crippen molar-refractivity contribution in [2.24, 2.45) is 0 Å². The van der Waals surface area contributed by atoms with Crippen LogP contribution in [0, 0.1) is 0 Å². The quantitative estimate of drug-likeness (QED) is 0.168. The molecular weight excluding hydrogens is 849 g/mol. The summed E-state index contributed by atoms with van der Waals surface area (Å²) in [6.07, 6.45) is 0. The third-order valence-electron chi connectivity index (χ3n) is 15.7. The van der Waals surface area contributed by atoms with Crippen molar-refractivity contribution in [2.75, 3.05) is 0 Å². The molecule has 0 aliphatic carbocycles. The van der Waals surface area contributed by atoms with Crippen LogP contribution in [0.3, 0.4) is 0 Å². The van der Waals surface area contributed by atoms with Gasteiger partial charge in [0.15, 0.2) is 0 Å². The highest BCUT2D eigenvalue weighted by atomic mass is 15.0. The van der Waals surface area contributed by atoms with Gasteiger partial charge in [0.2, 0.25) is 0 Å². The maximum Gasteiger partial charge on any atom is 0.0634 e. The van der Waals surface area contributed by atoms with Gasteiger partial charge >= 0.3 is 0 Å². The van der Waals surface area contributed by atoms with Gasteiger partial charge < -0.3 is 17.9 Å². The minimum absolute atomic E-state index is 1.16. The second-order valence-corrected chi connectivity index (χ2v) is 19.2. The first-order valence-corrected chi connectivity index (χ1v) is 24.3. The first kappa shape index (κ1) is 36.7. The van der Waals surface area contributed by atoms with E-state index in [2.05, 4.69) is 248 Å². The first-order valence-electron chi connectivity index (χ1n) is 24.3. The SMILES string of the molecule is c1ccc(-c2c3c4cccc5c6cc7c(cc6n(c3c(-c3ccccc3)c3c6cccc8c9cc%10c(cc9n(c23)c86)c2ccccc2n%10-c2ccccc2)c54)c2ccccc2n7-c2ccccc2)cc1. The summed E-state index contributed by atoms with van der Waals surface area (Å²) in [7, 11) is 0. The van der Waals surface area contributed by atoms with Crippen LogP contribution in [0.1, 0.15) is 0 Å². The molecule has 0 aliphatic heterocycles. The molecule has 0 amide bonds. The van der Waals surface area contributed by atoms with Gasteiger partial charge in [0.1, 0.15) is 0 Å². The molecule has 0 atom stereocenters. The van der Waals surface area contributed by atoms with Crippen LogP contribution < -0.4 is 0 Å². The van der Waals surface area contributed by atoms with Crippen molar-refractivity contribution < 1.29 is 0 Å². The van der Waals surface area contributed by atoms with Crippen molar-refractivity contribution in [3.05, 3.63) is 231 Å². The molecule has 70 heavy (non-hydrogen) atoms. The zero-order chi connectivity index (χ0) is 45.3. The standard InChI is InChI=1S/C66H38N4/c1-5-19-39(20-6-1)59-61-47-31-17-29-45-52-38-56-50(44-28-14-16-34-54(44)68(56)42-25-11-4-12-26-42)36-58(52)70(63(45)47)66(61)60(40-21-7-2-8-22-40)62-48-32-18-30-46-51-37-55-49(35-57(51)69(64(46)48)65(59)62)43-27-13-15-33-53(43)67(55)41-23-9-3-10-24-41/h1-38H. The summed E-state index contributed by atoms with van der Waals surface area (Å²) >= 11 is 0. The van der Waals surface area contributed by atoms with Crippen LogP contribution in [0.15, 0.2) is 231 Å². The predicted octanol–water partition coefficient (Wildman–Crippen LogP) is 17.5. The molecule has 0 bridgehead atoms. The summed E-state index contributed by atoms with van der Waals surface area (Å²) < 4.78 is 10.2. The number of para-hydroxylation sites is 6. The number of hydrogen-bond donors (Lipinski definition) is 0. The minimum atomic E-state index is 1.16. The molecule has 0 saturated carbocycles. The molecule has 4 heteroatoms. The van der Waals surface area contributed by atoms with Crippen molar-refractivity contribution >= 4 is 120 Å². The first-order chi connectivity index (χ1) is 34.8. The van der Waals surface area contributed by atoms with Crippen LogP contribution in [0.5, 0.6) is 0 Å². The Hall–Kier alpha value is -9.38. The van der Waals surface area contributed by atoms with Crippen molar-refractivity contribution in [1.82, 2.24) is 17.9 Å². The molecule has 0 aliphatic rings. The van der Waals surface area contributed by atoms with Gasteiger partial charge in [-0.05, 0) is 71.8 Å². The van der Waals surface area contributed by atoms with Gasteiger partial charge in [0, 0.05) is 87.1 Å². The van der Waals surface area contributed by atoms with E-state index in [0.29, 0.717) is 0 Å². The number of nitrogens with zero attached hydrogens (tertiary/aromatic N) is 4. The van der Waals surface area contributed by atoms with Gasteiger partial charge in [-0.3, -0.25) is 0 Å². The highest BCUT2D eigenvalue weighted by molar-refractivity contribution is 6.38. The molecular formula is C66H38N4. The maximum atomic E-state index is 2.65. The molecule has 322 valence electrons. The summed E-state index contributed by atoms with van der Waals surface area (Å²) in [4.78, 5) is 0. The Kier molecular flexibility index (Phi) is 6.92. The largest absolute Gasteiger partial charge is 0.309 e. The minimum Gasteiger partial charge on any atom is -0.309 e. The normalized spacial score (nSPS) is 12.6. The van der Waals surface area contributed by atoms with E-state index < -0.39 is 0 Å². The molecule has 6 aromatic heterocycles. The molecule has 6 heterocycles. The summed E-state index contributed by atoms with van der Waals surface area (Å²) in [5, 5.41) is 15.1. The van der Waals surface area contributed by atoms with Crippen LogP contribution in [-0.4, -0.2) is 17.9 Å². The van der Waals surface area contributed by atoms with Crippen LogP contribution in [0.4, 0.5) is 0 Å². The van der Waals surface area contributed by atoms with Crippen LogP contribution in [0.25, 0.3) is 153 Å². The number of benzene rings is 11. The second kappa shape index (κ2) is 13.2. The fourth-order valence-electron chi connectivity index (χ4n) is 13.1. The zero-order valence-electron chi connectivity index (χ0n) is 37.7. The van der Waals surface area contributed by atoms with Crippen molar-refractivity contribution in [2.45, 2.75) is 0 Å². The van der Waals surface area contributed by atoms with Gasteiger partial charge in [-0.1, -0.05) is 170 Å². The molecule has 11 aromatic carbocycles. The highest BCUT2D eigenvalue weighted by Crippen LogP contribution is 2.55. The summed E-state index contributed by atoms with van der Waals surface area (Å²) in [5.41, 5.74) is 19.6. The Morgan fingerprint density at radius 3 is 0.971 bits per heavy atom. The average Bonchev–Trinajstić information content (AvgIpc) is 4.26. The molecule has 17 aromatic rings. The summed E-state index contributed by atoms with van der Waals surface area (Å²) in [6.45, 7) is 0. The lowest BCUT2D eigenvalue weighted by molar-refractivity contribution is 1.18. The van der Waals surface area contributed by atoms with Gasteiger partial charge in [-0.25, -0.2) is 0 Å². The Balaban J connectivity index is 1.12. The van der Waals surface area contributed by atoms with E-state index in [1.54, 1.807) is 0 Å². The Bertz CT molecular complexity index is 4690. The Morgan fingerprint density at radius 2 is 0.543 bits per heavy atom. The fourth-order valence-corrected chi connectivity index (χ4v) is 13.1. The molecule has 0 N–H and O–H groups in total. The maximum absolute atomic E-state index is 2.65. The molecule has 17 rings (SSSR count). The van der Waals surface area contributed by atoms with E-state index in [4.69, 9.17) is 0 Å². The number of hydrogen-bond acceptors (Lipinski definition) is 0. The monoisotopic (exact) mass is 886 g/mol. The Labute approximate surface area is 400 Å². The molecule has 0 radical (unpaired) electrons.